The highest BCUT2D eigenvalue weighted by Gasteiger charge is 2.44. The molecule has 0 spiro atoms. The van der Waals surface area contributed by atoms with E-state index in [2.05, 4.69) is 4.74 Å². The van der Waals surface area contributed by atoms with E-state index in [1.54, 1.807) is 13.8 Å². The van der Waals surface area contributed by atoms with Crippen LogP contribution < -0.4 is 5.63 Å². The number of halogens is 12. The average molecular weight is 1270 g/mol. The number of hydrogen-bond donors (Lipinski definition) is 8. The molecular formula is C53H64F12O21. The van der Waals surface area contributed by atoms with Crippen molar-refractivity contribution in [1.82, 2.24) is 0 Å². The first-order valence-corrected chi connectivity index (χ1v) is 24.2. The molecule has 0 radical (unpaired) electrons. The fraction of sp³-hybridized carbons (Fsp3) is 0.528. The van der Waals surface area contributed by atoms with E-state index in [9.17, 15) is 116 Å². The number of phenols is 5. The van der Waals surface area contributed by atoms with Crippen LogP contribution in [0.1, 0.15) is 131 Å². The van der Waals surface area contributed by atoms with Crippen LogP contribution in [0.15, 0.2) is 45.6 Å². The Bertz CT molecular complexity index is 2760. The third kappa shape index (κ3) is 40.8. The Hall–Kier alpha value is -8.29. The molecule has 0 bridgehead atoms. The Morgan fingerprint density at radius 2 is 0.919 bits per heavy atom. The number of aromatic hydroxyl groups is 5. The summed E-state index contributed by atoms with van der Waals surface area (Å²) in [5.41, 5.74) is -1.54. The Kier molecular flexibility index (Phi) is 34.2. The summed E-state index contributed by atoms with van der Waals surface area (Å²) in [6.07, 6.45) is -25.1. The van der Waals surface area contributed by atoms with Crippen LogP contribution in [0, 0.1) is 16.7 Å². The lowest BCUT2D eigenvalue weighted by molar-refractivity contribution is -0.152. The van der Waals surface area contributed by atoms with Crippen molar-refractivity contribution in [2.24, 2.45) is 16.7 Å². The van der Waals surface area contributed by atoms with Crippen molar-refractivity contribution < 1.29 is 151 Å². The number of esters is 1. The van der Waals surface area contributed by atoms with Crippen LogP contribution in [0.3, 0.4) is 0 Å². The van der Waals surface area contributed by atoms with Gasteiger partial charge in [0.05, 0.1) is 44.6 Å². The van der Waals surface area contributed by atoms with Gasteiger partial charge in [-0.05, 0) is 22.8 Å². The molecule has 486 valence electrons. The van der Waals surface area contributed by atoms with E-state index in [0.717, 1.165) is 43.5 Å². The molecule has 1 heterocycles. The predicted molar refractivity (Wildman–Crippen MR) is 273 cm³/mol. The smallest absolute Gasteiger partial charge is 0.389 e. The lowest BCUT2D eigenvalue weighted by atomic mass is 9.70. The topological polar surface area (TPSA) is 372 Å². The number of methoxy groups -OCH3 is 1. The summed E-state index contributed by atoms with van der Waals surface area (Å²) in [4.78, 5) is 117. The molecule has 86 heavy (non-hydrogen) atoms. The molecule has 2 fully saturated rings. The molecule has 0 atom stereocenters. The predicted octanol–water partition coefficient (Wildman–Crippen LogP) is 10.4. The zero-order valence-electron chi connectivity index (χ0n) is 45.6. The molecule has 2 aliphatic rings. The minimum atomic E-state index is -4.45. The van der Waals surface area contributed by atoms with E-state index >= 15 is 0 Å². The quantitative estimate of drug-likeness (QED) is 0.0341. The zero-order valence-corrected chi connectivity index (χ0v) is 45.6. The first kappa shape index (κ1) is 81.9. The maximum absolute atomic E-state index is 12.2. The Morgan fingerprint density at radius 1 is 0.535 bits per heavy atom. The van der Waals surface area contributed by atoms with Gasteiger partial charge in [-0.1, -0.05) is 35.1 Å². The van der Waals surface area contributed by atoms with Gasteiger partial charge >= 0.3 is 54.2 Å². The number of carboxylic acids is 3. The number of carbonyl (C=O) groups excluding carboxylic acids is 7. The molecule has 21 nitrogen and oxygen atoms in total. The number of hydrogen-bond acceptors (Lipinski definition) is 18. The maximum atomic E-state index is 12.2. The van der Waals surface area contributed by atoms with E-state index in [-0.39, 0.29) is 83.2 Å². The standard InChI is InChI=1S/C12H9F3O4.C12H15F3O3.C8H12O2.C7H9F3O3.C6H6O3.C4H5F3O2.C3H4O4.CH4/c13-12(14,15)2-1-6-3-10(18)19-9-5-7(16)4-8(17)11(6)9;1-11(2)5-8(17)10(9(18)6-11)7(16)3-4-12(13,14)15;1-8(2)4-6(9)3-7(10)5-8;1-13-6(12)4-5(11)2-3-7(8,9)10;7-4-1-5(8)3-6(9)2-4;5-4(6,7)2-1-3(8)9;4-2(5)1-3(6)7;/h3-5,16-17H,1-2H2;10H,3-6H2,1-2H3;3-5H2,1-2H3;2-4H2,1H3;1-3,7-9H;1-2H2,(H,8,9);1H2,(H,4,5)(H,6,7);1H4. The third-order valence-electron chi connectivity index (χ3n) is 10.3. The molecule has 2 saturated carbocycles. The maximum Gasteiger partial charge on any atom is 0.389 e. The van der Waals surface area contributed by atoms with Gasteiger partial charge in [-0.2, -0.15) is 52.7 Å². The van der Waals surface area contributed by atoms with Crippen LogP contribution >= 0.6 is 0 Å². The van der Waals surface area contributed by atoms with Crippen molar-refractivity contribution in [2.45, 2.75) is 156 Å². The van der Waals surface area contributed by atoms with Gasteiger partial charge in [0.25, 0.3) is 0 Å². The number of ketones is 6. The molecule has 2 aromatic carbocycles. The SMILES string of the molecule is C.CC1(C)CC(=O)C(C(=O)CCC(F)(F)F)C(=O)C1.CC1(C)CC(=O)CC(=O)C1.COC(=O)CC(=O)CCC(F)(F)F.O=C(O)CC(=O)O.O=C(O)CCC(F)(F)F.O=c1cc(CCC(F)(F)F)c2c(O)cc(O)cc2o1.Oc1cc(O)cc(O)c1. The van der Waals surface area contributed by atoms with Gasteiger partial charge in [-0.25, -0.2) is 4.79 Å². The number of carbonyl (C=O) groups is 10. The van der Waals surface area contributed by atoms with Gasteiger partial charge < -0.3 is 50.0 Å². The summed E-state index contributed by atoms with van der Waals surface area (Å²) >= 11 is 0. The molecule has 33 heteroatoms. The molecule has 1 aromatic heterocycles. The number of Topliss-reactive ketones (excluding diaryl/α,β-unsaturated/α-hetero) is 6. The molecule has 8 N–H and O–H groups in total. The fourth-order valence-electron chi connectivity index (χ4n) is 7.01. The number of alkyl halides is 12. The van der Waals surface area contributed by atoms with E-state index in [1.807, 2.05) is 13.8 Å². The molecule has 2 aliphatic carbocycles. The Labute approximate surface area is 480 Å². The van der Waals surface area contributed by atoms with Crippen molar-refractivity contribution in [2.75, 3.05) is 7.11 Å². The number of rotatable bonds is 13. The molecule has 0 amide bonds. The van der Waals surface area contributed by atoms with Crippen molar-refractivity contribution in [3.05, 3.63) is 52.4 Å². The Balaban J connectivity index is -0.000000959. The zero-order chi connectivity index (χ0) is 66.8. The van der Waals surface area contributed by atoms with E-state index in [4.69, 9.17) is 35.1 Å². The molecule has 3 aromatic rings. The van der Waals surface area contributed by atoms with Gasteiger partial charge in [0, 0.05) is 81.3 Å². The van der Waals surface area contributed by atoms with Crippen LogP contribution in [-0.4, -0.2) is 131 Å². The number of ether oxygens (including phenoxy) is 1. The molecule has 0 aliphatic heterocycles. The first-order valence-electron chi connectivity index (χ1n) is 24.2. The average Bonchev–Trinajstić information content (AvgIpc) is 1.35. The summed E-state index contributed by atoms with van der Waals surface area (Å²) in [5, 5.41) is 68.1. The lowest BCUT2D eigenvalue weighted by Crippen LogP contribution is -2.42. The minimum absolute atomic E-state index is 0. The van der Waals surface area contributed by atoms with Crippen LogP contribution in [0.25, 0.3) is 11.0 Å². The van der Waals surface area contributed by atoms with E-state index in [1.165, 1.54) is 0 Å². The number of aliphatic carboxylic acids is 3. The monoisotopic (exact) mass is 1260 g/mol. The summed E-state index contributed by atoms with van der Waals surface area (Å²) in [7, 11) is 1.07. The van der Waals surface area contributed by atoms with E-state index in [0.29, 0.717) is 12.8 Å². The molecule has 0 saturated heterocycles. The third-order valence-corrected chi connectivity index (χ3v) is 10.3. The van der Waals surface area contributed by atoms with Crippen molar-refractivity contribution in [1.29, 1.82) is 0 Å². The number of carboxylic acid groups (broad SMARTS) is 3. The first-order chi connectivity index (χ1) is 38.3. The highest BCUT2D eigenvalue weighted by atomic mass is 19.4. The van der Waals surface area contributed by atoms with Crippen LogP contribution in [0.5, 0.6) is 28.7 Å². The number of phenolic OH excluding ortho intramolecular Hbond substituents is 5. The largest absolute Gasteiger partial charge is 0.508 e. The number of fused-ring (bicyclic) bond motifs is 1. The summed E-state index contributed by atoms with van der Waals surface area (Å²) in [6.45, 7) is 7.36. The second-order valence-electron chi connectivity index (χ2n) is 19.9. The van der Waals surface area contributed by atoms with Gasteiger partial charge in [-0.15, -0.1) is 0 Å². The van der Waals surface area contributed by atoms with Gasteiger partial charge in [0.2, 0.25) is 0 Å². The highest BCUT2D eigenvalue weighted by molar-refractivity contribution is 6.20. The highest BCUT2D eigenvalue weighted by Crippen LogP contribution is 2.37. The second kappa shape index (κ2) is 35.9. The summed E-state index contributed by atoms with van der Waals surface area (Å²) in [5.74, 6) is -10.1. The van der Waals surface area contributed by atoms with Gasteiger partial charge in [-0.3, -0.25) is 47.9 Å². The Morgan fingerprint density at radius 3 is 1.27 bits per heavy atom. The normalized spacial score (nSPS) is 14.5. The van der Waals surface area contributed by atoms with Crippen LogP contribution in [0.2, 0.25) is 0 Å². The molecule has 0 unspecified atom stereocenters. The fourth-order valence-corrected chi connectivity index (χ4v) is 7.01. The van der Waals surface area contributed by atoms with Crippen molar-refractivity contribution in [3.8, 4) is 28.7 Å². The minimum Gasteiger partial charge on any atom is -0.508 e. The van der Waals surface area contributed by atoms with Gasteiger partial charge in [0.1, 0.15) is 70.4 Å². The molecule has 5 rings (SSSR count). The lowest BCUT2D eigenvalue weighted by Gasteiger charge is -2.31. The summed E-state index contributed by atoms with van der Waals surface area (Å²) in [6, 6.07) is 6.36. The molecular weight excluding hydrogens is 1200 g/mol. The van der Waals surface area contributed by atoms with Crippen LogP contribution in [0.4, 0.5) is 52.7 Å². The second-order valence-corrected chi connectivity index (χ2v) is 19.9. The summed E-state index contributed by atoms with van der Waals surface area (Å²) < 4.78 is 150. The van der Waals surface area contributed by atoms with Crippen LogP contribution in [-0.2, 0) is 59.1 Å². The number of aryl methyl sites for hydroxylation is 1. The van der Waals surface area contributed by atoms with Crippen molar-refractivity contribution in [3.63, 3.8) is 0 Å². The van der Waals surface area contributed by atoms with Gasteiger partial charge in [0.15, 0.2) is 17.3 Å². The van der Waals surface area contributed by atoms with Crippen molar-refractivity contribution >= 4 is 69.5 Å². The van der Waals surface area contributed by atoms with E-state index < -0.39 is 159 Å². The number of benzene rings is 2.